The normalized spacial score (nSPS) is 28.9. The number of carbonyl (C=O) groups excluding carboxylic acids is 2. The molecule has 0 radical (unpaired) electrons. The summed E-state index contributed by atoms with van der Waals surface area (Å²) in [7, 11) is 1.81. The maximum absolute atomic E-state index is 13.5. The average molecular weight is 403 g/mol. The number of rotatable bonds is 5. The van der Waals surface area contributed by atoms with E-state index in [-0.39, 0.29) is 17.2 Å². The second-order valence-corrected chi connectivity index (χ2v) is 9.84. The van der Waals surface area contributed by atoms with Crippen LogP contribution in [0.2, 0.25) is 0 Å². The van der Waals surface area contributed by atoms with Gasteiger partial charge >= 0.3 is 0 Å². The number of hydrogen-bond donors (Lipinski definition) is 1. The lowest BCUT2D eigenvalue weighted by molar-refractivity contribution is -0.140. The van der Waals surface area contributed by atoms with Crippen molar-refractivity contribution in [2.45, 2.75) is 45.1 Å². The first kappa shape index (κ1) is 19.3. The van der Waals surface area contributed by atoms with Gasteiger partial charge in [-0.3, -0.25) is 9.59 Å². The van der Waals surface area contributed by atoms with E-state index in [0.717, 1.165) is 42.6 Å². The van der Waals surface area contributed by atoms with Crippen LogP contribution in [0.3, 0.4) is 0 Å². The van der Waals surface area contributed by atoms with Crippen LogP contribution in [0.15, 0.2) is 54.6 Å². The number of nitrogens with zero attached hydrogens (tertiary/aromatic N) is 1. The van der Waals surface area contributed by atoms with Crippen LogP contribution in [0.4, 0.5) is 5.69 Å². The number of para-hydroxylation sites is 1. The van der Waals surface area contributed by atoms with Crippen molar-refractivity contribution >= 4 is 17.5 Å². The first-order valence-corrected chi connectivity index (χ1v) is 11.2. The van der Waals surface area contributed by atoms with Gasteiger partial charge in [0.1, 0.15) is 0 Å². The molecule has 0 unspecified atom stereocenters. The lowest BCUT2D eigenvalue weighted by Crippen LogP contribution is -2.51. The summed E-state index contributed by atoms with van der Waals surface area (Å²) in [5.41, 5.74) is 2.07. The Morgan fingerprint density at radius 2 is 1.47 bits per heavy atom. The molecule has 0 aromatic heterocycles. The number of amides is 2. The van der Waals surface area contributed by atoms with Crippen molar-refractivity contribution in [3.05, 3.63) is 65.7 Å². The molecule has 0 atom stereocenters. The standard InChI is InChI=1S/C26H30N2O2/c1-28(17-18-7-3-2-4-8-18)24(29)22-9-5-6-10-23(22)27-25(30)26-14-19-11-20(15-26)13-21(12-19)16-26/h2-10,19-21H,11-17H2,1H3,(H,27,30). The van der Waals surface area contributed by atoms with Crippen LogP contribution in [0.5, 0.6) is 0 Å². The second kappa shape index (κ2) is 7.57. The Hall–Kier alpha value is -2.62. The third kappa shape index (κ3) is 3.53. The first-order valence-electron chi connectivity index (χ1n) is 11.2. The van der Waals surface area contributed by atoms with Crippen LogP contribution in [-0.4, -0.2) is 23.8 Å². The van der Waals surface area contributed by atoms with Crippen molar-refractivity contribution in [1.29, 1.82) is 0 Å². The lowest BCUT2D eigenvalue weighted by atomic mass is 9.49. The van der Waals surface area contributed by atoms with Gasteiger partial charge in [0, 0.05) is 13.6 Å². The lowest BCUT2D eigenvalue weighted by Gasteiger charge is -2.55. The molecule has 2 aromatic carbocycles. The molecule has 4 fully saturated rings. The summed E-state index contributed by atoms with van der Waals surface area (Å²) in [4.78, 5) is 28.4. The van der Waals surface area contributed by atoms with Gasteiger partial charge in [0.05, 0.1) is 16.7 Å². The monoisotopic (exact) mass is 402 g/mol. The van der Waals surface area contributed by atoms with E-state index in [1.807, 2.05) is 61.6 Å². The Bertz CT molecular complexity index is 917. The summed E-state index contributed by atoms with van der Waals surface area (Å²) >= 11 is 0. The number of anilines is 1. The molecule has 1 N–H and O–H groups in total. The fourth-order valence-electron chi connectivity index (χ4n) is 6.56. The highest BCUT2D eigenvalue weighted by molar-refractivity contribution is 6.05. The Balaban J connectivity index is 1.34. The Morgan fingerprint density at radius 1 is 0.900 bits per heavy atom. The van der Waals surface area contributed by atoms with Crippen LogP contribution < -0.4 is 5.32 Å². The van der Waals surface area contributed by atoms with E-state index in [4.69, 9.17) is 0 Å². The molecule has 156 valence electrons. The van der Waals surface area contributed by atoms with Gasteiger partial charge in [-0.2, -0.15) is 0 Å². The zero-order valence-corrected chi connectivity index (χ0v) is 17.6. The van der Waals surface area contributed by atoms with E-state index < -0.39 is 0 Å². The van der Waals surface area contributed by atoms with E-state index in [1.54, 1.807) is 4.90 Å². The van der Waals surface area contributed by atoms with Crippen molar-refractivity contribution < 1.29 is 9.59 Å². The fraction of sp³-hybridized carbons (Fsp3) is 0.462. The van der Waals surface area contributed by atoms with Gasteiger partial charge < -0.3 is 10.2 Å². The molecule has 4 heteroatoms. The van der Waals surface area contributed by atoms with E-state index >= 15 is 0 Å². The molecule has 4 nitrogen and oxygen atoms in total. The summed E-state index contributed by atoms with van der Waals surface area (Å²) < 4.78 is 0. The summed E-state index contributed by atoms with van der Waals surface area (Å²) in [6.45, 7) is 0.539. The minimum Gasteiger partial charge on any atom is -0.337 e. The predicted molar refractivity (Wildman–Crippen MR) is 118 cm³/mol. The highest BCUT2D eigenvalue weighted by Crippen LogP contribution is 2.60. The molecule has 0 aliphatic heterocycles. The van der Waals surface area contributed by atoms with Crippen molar-refractivity contribution in [3.8, 4) is 0 Å². The van der Waals surface area contributed by atoms with E-state index in [9.17, 15) is 9.59 Å². The molecular formula is C26H30N2O2. The quantitative estimate of drug-likeness (QED) is 0.755. The SMILES string of the molecule is CN(Cc1ccccc1)C(=O)c1ccccc1NC(=O)C12CC3CC(CC(C3)C1)C2. The molecule has 2 amide bonds. The molecule has 4 aliphatic rings. The predicted octanol–water partition coefficient (Wildman–Crippen LogP) is 5.11. The van der Waals surface area contributed by atoms with Crippen molar-refractivity contribution in [3.63, 3.8) is 0 Å². The smallest absolute Gasteiger partial charge is 0.256 e. The fourth-order valence-corrected chi connectivity index (χ4v) is 6.56. The molecule has 4 saturated carbocycles. The van der Waals surface area contributed by atoms with Crippen LogP contribution >= 0.6 is 0 Å². The largest absolute Gasteiger partial charge is 0.337 e. The molecule has 0 heterocycles. The molecule has 6 rings (SSSR count). The molecular weight excluding hydrogens is 372 g/mol. The summed E-state index contributed by atoms with van der Waals surface area (Å²) in [5, 5.41) is 3.18. The number of hydrogen-bond acceptors (Lipinski definition) is 2. The van der Waals surface area contributed by atoms with Gasteiger partial charge in [-0.05, 0) is 74.0 Å². The minimum absolute atomic E-state index is 0.0692. The van der Waals surface area contributed by atoms with E-state index in [2.05, 4.69) is 5.32 Å². The van der Waals surface area contributed by atoms with Crippen molar-refractivity contribution in [2.24, 2.45) is 23.2 Å². The zero-order valence-electron chi connectivity index (χ0n) is 17.6. The van der Waals surface area contributed by atoms with Crippen molar-refractivity contribution in [2.75, 3.05) is 12.4 Å². The molecule has 4 bridgehead atoms. The van der Waals surface area contributed by atoms with Crippen LogP contribution in [-0.2, 0) is 11.3 Å². The third-order valence-corrected chi connectivity index (χ3v) is 7.53. The molecule has 0 spiro atoms. The molecule has 30 heavy (non-hydrogen) atoms. The topological polar surface area (TPSA) is 49.4 Å². The molecule has 2 aromatic rings. The van der Waals surface area contributed by atoms with Gasteiger partial charge in [0.2, 0.25) is 5.91 Å². The van der Waals surface area contributed by atoms with Crippen LogP contribution in [0.1, 0.15) is 54.4 Å². The Morgan fingerprint density at radius 3 is 2.10 bits per heavy atom. The summed E-state index contributed by atoms with van der Waals surface area (Å²) in [6.07, 6.45) is 7.00. The van der Waals surface area contributed by atoms with Gasteiger partial charge in [-0.15, -0.1) is 0 Å². The van der Waals surface area contributed by atoms with E-state index in [1.165, 1.54) is 19.3 Å². The highest BCUT2D eigenvalue weighted by atomic mass is 16.2. The van der Waals surface area contributed by atoms with E-state index in [0.29, 0.717) is 17.8 Å². The first-order chi connectivity index (χ1) is 14.5. The van der Waals surface area contributed by atoms with Gasteiger partial charge in [0.25, 0.3) is 5.91 Å². The zero-order chi connectivity index (χ0) is 20.7. The number of carbonyl (C=O) groups is 2. The third-order valence-electron chi connectivity index (χ3n) is 7.53. The molecule has 4 aliphatic carbocycles. The van der Waals surface area contributed by atoms with Gasteiger partial charge in [-0.25, -0.2) is 0 Å². The number of benzene rings is 2. The van der Waals surface area contributed by atoms with Gasteiger partial charge in [0.15, 0.2) is 0 Å². The highest BCUT2D eigenvalue weighted by Gasteiger charge is 2.54. The summed E-state index contributed by atoms with van der Waals surface area (Å²) in [5.74, 6) is 2.22. The summed E-state index contributed by atoms with van der Waals surface area (Å²) in [6, 6.07) is 17.4. The van der Waals surface area contributed by atoms with Crippen LogP contribution in [0.25, 0.3) is 0 Å². The second-order valence-electron chi connectivity index (χ2n) is 9.84. The number of nitrogens with one attached hydrogen (secondary N) is 1. The minimum atomic E-state index is -0.221. The van der Waals surface area contributed by atoms with Gasteiger partial charge in [-0.1, -0.05) is 42.5 Å². The maximum atomic E-state index is 13.5. The molecule has 0 saturated heterocycles. The Kier molecular flexibility index (Phi) is 4.88. The maximum Gasteiger partial charge on any atom is 0.256 e. The van der Waals surface area contributed by atoms with Crippen molar-refractivity contribution in [1.82, 2.24) is 4.90 Å². The average Bonchev–Trinajstić information content (AvgIpc) is 2.73. The Labute approximate surface area is 178 Å². The van der Waals surface area contributed by atoms with Crippen LogP contribution in [0, 0.1) is 23.2 Å².